The van der Waals surface area contributed by atoms with Crippen molar-refractivity contribution in [2.45, 2.75) is 18.6 Å². The molecule has 4 nitrogen and oxygen atoms in total. The highest BCUT2D eigenvalue weighted by Crippen LogP contribution is 2.06. The van der Waals surface area contributed by atoms with Gasteiger partial charge in [0, 0.05) is 17.6 Å². The summed E-state index contributed by atoms with van der Waals surface area (Å²) in [7, 11) is 0. The molecule has 1 heterocycles. The summed E-state index contributed by atoms with van der Waals surface area (Å²) < 4.78 is 0.736. The lowest BCUT2D eigenvalue weighted by Crippen LogP contribution is -2.40. The summed E-state index contributed by atoms with van der Waals surface area (Å²) in [4.78, 5) is 11.3. The zero-order valence-electron chi connectivity index (χ0n) is 7.62. The quantitative estimate of drug-likeness (QED) is 0.692. The first kappa shape index (κ1) is 13.9. The summed E-state index contributed by atoms with van der Waals surface area (Å²) in [5.74, 6) is -0.0860. The van der Waals surface area contributed by atoms with Gasteiger partial charge in [0.15, 0.2) is 0 Å². The Morgan fingerprint density at radius 2 is 2.36 bits per heavy atom. The predicted molar refractivity (Wildman–Crippen MR) is 60.7 cm³/mol. The lowest BCUT2D eigenvalue weighted by Gasteiger charge is -2.09. The Morgan fingerprint density at radius 3 is 2.79 bits per heavy atom. The van der Waals surface area contributed by atoms with Crippen LogP contribution in [0, 0.1) is 0 Å². The molecule has 0 aromatic rings. The highest BCUT2D eigenvalue weighted by atomic mass is 79.9. The minimum Gasteiger partial charge on any atom is -0.392 e. The molecular formula is C8H14BrClN2O2. The maximum atomic E-state index is 11.3. The van der Waals surface area contributed by atoms with Crippen molar-refractivity contribution < 1.29 is 9.90 Å². The fourth-order valence-electron chi connectivity index (χ4n) is 1.22. The Morgan fingerprint density at radius 1 is 1.71 bits per heavy atom. The van der Waals surface area contributed by atoms with Crippen LogP contribution in [-0.2, 0) is 4.79 Å². The van der Waals surface area contributed by atoms with Gasteiger partial charge < -0.3 is 15.7 Å². The number of β-amino-alcohol motifs (C(OH)–C–C–N with tert-alkyl or cyclic N) is 1. The van der Waals surface area contributed by atoms with Crippen LogP contribution in [0.3, 0.4) is 0 Å². The summed E-state index contributed by atoms with van der Waals surface area (Å²) in [5.41, 5.74) is 0. The lowest BCUT2D eigenvalue weighted by atomic mass is 10.2. The van der Waals surface area contributed by atoms with E-state index >= 15 is 0 Å². The van der Waals surface area contributed by atoms with Crippen LogP contribution in [0.5, 0.6) is 0 Å². The van der Waals surface area contributed by atoms with E-state index in [0.29, 0.717) is 19.5 Å². The second-order valence-electron chi connectivity index (χ2n) is 3.09. The second kappa shape index (κ2) is 6.40. The standard InChI is InChI=1S/C8H13BrN2O2.ClH/c1-5(9)3-11-8(13)7-2-6(12)4-10-7;/h6-7,10,12H,1-4H2,(H,11,13);1H/t6-,7-;/m1./s1. The Balaban J connectivity index is 0.00000169. The van der Waals surface area contributed by atoms with E-state index in [1.807, 2.05) is 0 Å². The monoisotopic (exact) mass is 284 g/mol. The van der Waals surface area contributed by atoms with Crippen molar-refractivity contribution in [1.82, 2.24) is 10.6 Å². The maximum absolute atomic E-state index is 11.3. The van der Waals surface area contributed by atoms with Gasteiger partial charge in [0.1, 0.15) is 0 Å². The Kier molecular flexibility index (Phi) is 6.35. The van der Waals surface area contributed by atoms with Gasteiger partial charge in [-0.15, -0.1) is 12.4 Å². The normalized spacial score (nSPS) is 25.3. The zero-order valence-corrected chi connectivity index (χ0v) is 10.0. The molecule has 1 amide bonds. The minimum atomic E-state index is -0.400. The summed E-state index contributed by atoms with van der Waals surface area (Å²) in [5, 5.41) is 14.8. The van der Waals surface area contributed by atoms with Gasteiger partial charge in [-0.2, -0.15) is 0 Å². The van der Waals surface area contributed by atoms with Crippen molar-refractivity contribution in [1.29, 1.82) is 0 Å². The fourth-order valence-corrected chi connectivity index (χ4v) is 1.36. The van der Waals surface area contributed by atoms with E-state index in [2.05, 4.69) is 33.1 Å². The van der Waals surface area contributed by atoms with Gasteiger partial charge >= 0.3 is 0 Å². The van der Waals surface area contributed by atoms with Crippen LogP contribution in [0.1, 0.15) is 6.42 Å². The number of halogens is 2. The van der Waals surface area contributed by atoms with Crippen LogP contribution in [0.2, 0.25) is 0 Å². The maximum Gasteiger partial charge on any atom is 0.237 e. The van der Waals surface area contributed by atoms with Crippen LogP contribution in [0.15, 0.2) is 11.1 Å². The first-order valence-corrected chi connectivity index (χ1v) is 4.91. The van der Waals surface area contributed by atoms with Crippen molar-refractivity contribution in [2.24, 2.45) is 0 Å². The number of carbonyl (C=O) groups excluding carboxylic acids is 1. The molecule has 1 fully saturated rings. The minimum absolute atomic E-state index is 0. The van der Waals surface area contributed by atoms with Gasteiger partial charge in [0.25, 0.3) is 0 Å². The average Bonchev–Trinajstić information content (AvgIpc) is 2.47. The molecule has 82 valence electrons. The number of hydrogen-bond donors (Lipinski definition) is 3. The molecule has 0 saturated carbocycles. The van der Waals surface area contributed by atoms with E-state index in [-0.39, 0.29) is 24.4 Å². The molecule has 14 heavy (non-hydrogen) atoms. The SMILES string of the molecule is C=C(Br)CNC(=O)[C@H]1C[C@@H](O)CN1.Cl. The highest BCUT2D eigenvalue weighted by molar-refractivity contribution is 9.11. The molecule has 0 unspecified atom stereocenters. The number of amides is 1. The molecule has 6 heteroatoms. The second-order valence-corrected chi connectivity index (χ2v) is 4.21. The van der Waals surface area contributed by atoms with Gasteiger partial charge in [0.2, 0.25) is 5.91 Å². The van der Waals surface area contributed by atoms with E-state index in [0.717, 1.165) is 4.48 Å². The van der Waals surface area contributed by atoms with Crippen LogP contribution >= 0.6 is 28.3 Å². The lowest BCUT2D eigenvalue weighted by molar-refractivity contribution is -0.122. The van der Waals surface area contributed by atoms with Crippen molar-refractivity contribution in [3.05, 3.63) is 11.1 Å². The fraction of sp³-hybridized carbons (Fsp3) is 0.625. The van der Waals surface area contributed by atoms with Crippen LogP contribution in [0.25, 0.3) is 0 Å². The molecule has 1 rings (SSSR count). The predicted octanol–water partition coefficient (Wildman–Crippen LogP) is 0.156. The zero-order chi connectivity index (χ0) is 9.84. The Hall–Kier alpha value is -0.100. The smallest absolute Gasteiger partial charge is 0.237 e. The van der Waals surface area contributed by atoms with Gasteiger partial charge in [-0.1, -0.05) is 22.5 Å². The molecule has 2 atom stereocenters. The average molecular weight is 286 g/mol. The molecular weight excluding hydrogens is 271 g/mol. The third kappa shape index (κ3) is 4.41. The van der Waals surface area contributed by atoms with Crippen LogP contribution in [0.4, 0.5) is 0 Å². The van der Waals surface area contributed by atoms with E-state index in [1.54, 1.807) is 0 Å². The number of carbonyl (C=O) groups is 1. The summed E-state index contributed by atoms with van der Waals surface area (Å²) in [6, 6.07) is -0.262. The van der Waals surface area contributed by atoms with E-state index in [4.69, 9.17) is 5.11 Å². The first-order valence-electron chi connectivity index (χ1n) is 4.12. The number of aliphatic hydroxyl groups is 1. The first-order chi connectivity index (χ1) is 6.09. The summed E-state index contributed by atoms with van der Waals surface area (Å²) in [6.07, 6.45) is 0.0866. The largest absolute Gasteiger partial charge is 0.392 e. The van der Waals surface area contributed by atoms with E-state index < -0.39 is 6.10 Å². The van der Waals surface area contributed by atoms with Crippen molar-refractivity contribution in [3.63, 3.8) is 0 Å². The van der Waals surface area contributed by atoms with E-state index in [1.165, 1.54) is 0 Å². The van der Waals surface area contributed by atoms with Gasteiger partial charge in [-0.25, -0.2) is 0 Å². The van der Waals surface area contributed by atoms with E-state index in [9.17, 15) is 4.79 Å². The highest BCUT2D eigenvalue weighted by Gasteiger charge is 2.27. The van der Waals surface area contributed by atoms with Gasteiger partial charge in [0.05, 0.1) is 12.1 Å². The topological polar surface area (TPSA) is 61.4 Å². The third-order valence-electron chi connectivity index (χ3n) is 1.88. The number of hydrogen-bond acceptors (Lipinski definition) is 3. The number of nitrogens with one attached hydrogen (secondary N) is 2. The molecule has 0 aromatic carbocycles. The van der Waals surface area contributed by atoms with Crippen molar-refractivity contribution in [2.75, 3.05) is 13.1 Å². The number of rotatable bonds is 3. The van der Waals surface area contributed by atoms with Crippen LogP contribution < -0.4 is 10.6 Å². The number of aliphatic hydroxyl groups excluding tert-OH is 1. The van der Waals surface area contributed by atoms with Gasteiger partial charge in [-0.05, 0) is 6.42 Å². The Bertz CT molecular complexity index is 225. The molecule has 3 N–H and O–H groups in total. The van der Waals surface area contributed by atoms with Crippen LogP contribution in [-0.4, -0.2) is 36.2 Å². The molecule has 1 aliphatic rings. The molecule has 0 aliphatic carbocycles. The van der Waals surface area contributed by atoms with Gasteiger partial charge in [-0.3, -0.25) is 4.79 Å². The Labute approximate surface area is 97.7 Å². The third-order valence-corrected chi connectivity index (χ3v) is 2.16. The molecule has 0 aromatic heterocycles. The molecule has 0 bridgehead atoms. The molecule has 1 aliphatic heterocycles. The van der Waals surface area contributed by atoms with Crippen molar-refractivity contribution >= 4 is 34.2 Å². The summed E-state index contributed by atoms with van der Waals surface area (Å²) >= 11 is 3.14. The molecule has 1 saturated heterocycles. The molecule has 0 radical (unpaired) electrons. The van der Waals surface area contributed by atoms with Crippen molar-refractivity contribution in [3.8, 4) is 0 Å². The summed E-state index contributed by atoms with van der Waals surface area (Å²) in [6.45, 7) is 4.52. The molecule has 0 spiro atoms.